The van der Waals surface area contributed by atoms with Crippen LogP contribution >= 0.6 is 0 Å². The van der Waals surface area contributed by atoms with Crippen LogP contribution in [-0.2, 0) is 50.4 Å². The van der Waals surface area contributed by atoms with Crippen molar-refractivity contribution in [3.05, 3.63) is 46.8 Å². The Balaban J connectivity index is -0.000000410. The van der Waals surface area contributed by atoms with E-state index in [0.717, 1.165) is 47.1 Å². The number of hydrogen-bond donors (Lipinski definition) is 2. The summed E-state index contributed by atoms with van der Waals surface area (Å²) in [4.78, 5) is 0. The zero-order valence-electron chi connectivity index (χ0n) is 22.4. The Morgan fingerprint density at radius 1 is 0.676 bits per heavy atom. The second-order valence-electron chi connectivity index (χ2n) is 6.95. The van der Waals surface area contributed by atoms with Gasteiger partial charge in [-0.1, -0.05) is 0 Å². The van der Waals surface area contributed by atoms with E-state index in [-0.39, 0.29) is 12.2 Å². The zero-order valence-corrected chi connectivity index (χ0v) is 28.0. The van der Waals surface area contributed by atoms with Gasteiger partial charge in [-0.3, -0.25) is 12.2 Å². The molecular weight excluding hydrogens is 639 g/mol. The molecule has 0 amide bonds. The van der Waals surface area contributed by atoms with Crippen LogP contribution in [0.15, 0.2) is 34.7 Å². The normalized spacial score (nSPS) is 14.1. The van der Waals surface area contributed by atoms with E-state index >= 15 is 0 Å². The van der Waals surface area contributed by atoms with Crippen LogP contribution in [0.1, 0.15) is 40.5 Å². The van der Waals surface area contributed by atoms with Crippen LogP contribution in [0.3, 0.4) is 0 Å². The molecule has 0 atom stereocenters. The molecule has 0 fully saturated rings. The van der Waals surface area contributed by atoms with Crippen molar-refractivity contribution in [3.63, 3.8) is 0 Å². The van der Waals surface area contributed by atoms with Gasteiger partial charge in [0.05, 0.1) is 0 Å². The SMILES string of the molecule is CC(C)O.CC(C)O.CO[Si](OC)(OC)C1=CC[C-]=C1.CO[Si](OC)(OC)C1=CC[C-]=C1.[CH2]=[Hf+2]. The minimum atomic E-state index is -2.54. The van der Waals surface area contributed by atoms with Crippen LogP contribution in [0.5, 0.6) is 0 Å². The third kappa shape index (κ3) is 15.7. The van der Waals surface area contributed by atoms with Crippen LogP contribution in [0.25, 0.3) is 0 Å². The van der Waals surface area contributed by atoms with Crippen LogP contribution in [-0.4, -0.2) is 86.9 Å². The van der Waals surface area contributed by atoms with Gasteiger partial charge in [0, 0.05) is 54.9 Å². The first-order valence-electron chi connectivity index (χ1n) is 10.6. The van der Waals surface area contributed by atoms with Crippen molar-refractivity contribution in [2.75, 3.05) is 42.7 Å². The summed E-state index contributed by atoms with van der Waals surface area (Å²) in [5.41, 5.74) is 0. The first-order valence-corrected chi connectivity index (χ1v) is 16.6. The average molecular weight is 683 g/mol. The Morgan fingerprint density at radius 3 is 1.00 bits per heavy atom. The molecule has 0 saturated carbocycles. The molecule has 0 saturated heterocycles. The van der Waals surface area contributed by atoms with Crippen molar-refractivity contribution >= 4 is 21.9 Å². The molecule has 11 heteroatoms. The Bertz CT molecular complexity index is 540. The number of allylic oxidation sites excluding steroid dienone is 8. The van der Waals surface area contributed by atoms with Crippen molar-refractivity contribution in [1.29, 1.82) is 0 Å². The molecule has 0 aromatic heterocycles. The summed E-state index contributed by atoms with van der Waals surface area (Å²) in [5, 5.41) is 18.1. The monoisotopic (exact) mass is 684 g/mol. The fourth-order valence-electron chi connectivity index (χ4n) is 2.43. The van der Waals surface area contributed by atoms with Crippen LogP contribution < -0.4 is 0 Å². The van der Waals surface area contributed by atoms with Crippen molar-refractivity contribution in [1.82, 2.24) is 0 Å². The summed E-state index contributed by atoms with van der Waals surface area (Å²) in [6.07, 6.45) is 15.2. The molecule has 0 unspecified atom stereocenters. The molecule has 196 valence electrons. The third-order valence-electron chi connectivity index (χ3n) is 3.71. The predicted octanol–water partition coefficient (Wildman–Crippen LogP) is 2.93. The van der Waals surface area contributed by atoms with Gasteiger partial charge in [0.2, 0.25) is 0 Å². The van der Waals surface area contributed by atoms with E-state index in [1.165, 1.54) is 0 Å². The molecule has 34 heavy (non-hydrogen) atoms. The van der Waals surface area contributed by atoms with Crippen molar-refractivity contribution < 1.29 is 60.7 Å². The zero-order chi connectivity index (χ0) is 27.2. The number of aliphatic hydroxyl groups is 2. The molecule has 0 aromatic rings. The van der Waals surface area contributed by atoms with E-state index in [4.69, 9.17) is 36.8 Å². The van der Waals surface area contributed by atoms with E-state index in [1.807, 2.05) is 24.3 Å². The first-order chi connectivity index (χ1) is 16.0. The maximum absolute atomic E-state index is 8.06. The Kier molecular flexibility index (Phi) is 26.2. The summed E-state index contributed by atoms with van der Waals surface area (Å²) in [6.45, 7) is 6.89. The maximum atomic E-state index is 8.06. The molecule has 0 aromatic carbocycles. The topological polar surface area (TPSA) is 95.8 Å². The van der Waals surface area contributed by atoms with Crippen LogP contribution in [0, 0.1) is 12.2 Å². The van der Waals surface area contributed by atoms with Crippen molar-refractivity contribution in [3.8, 4) is 0 Å². The second kappa shape index (κ2) is 23.2. The second-order valence-corrected chi connectivity index (χ2v) is 12.8. The molecular formula is C23H44HfO8Si2. The molecule has 8 nitrogen and oxygen atoms in total. The number of hydrogen-bond acceptors (Lipinski definition) is 8. The van der Waals surface area contributed by atoms with Gasteiger partial charge in [0.15, 0.2) is 0 Å². The van der Waals surface area contributed by atoms with Crippen molar-refractivity contribution in [2.45, 2.75) is 52.7 Å². The van der Waals surface area contributed by atoms with Gasteiger partial charge in [-0.25, -0.2) is 12.2 Å². The Hall–Kier alpha value is -0.186. The predicted molar refractivity (Wildman–Crippen MR) is 136 cm³/mol. The summed E-state index contributed by atoms with van der Waals surface area (Å²) in [6, 6.07) is 0. The average Bonchev–Trinajstić information content (AvgIpc) is 3.54. The number of rotatable bonds is 8. The molecule has 0 aliphatic heterocycles. The quantitative estimate of drug-likeness (QED) is 0.298. The van der Waals surface area contributed by atoms with Crippen LogP contribution in [0.4, 0.5) is 0 Å². The van der Waals surface area contributed by atoms with Gasteiger partial charge < -0.3 is 36.8 Å². The molecule has 2 N–H and O–H groups in total. The van der Waals surface area contributed by atoms with Crippen LogP contribution in [0.2, 0.25) is 0 Å². The molecule has 0 bridgehead atoms. The molecule has 2 rings (SSSR count). The van der Waals surface area contributed by atoms with E-state index in [9.17, 15) is 0 Å². The number of aliphatic hydroxyl groups excluding tert-OH is 2. The van der Waals surface area contributed by atoms with E-state index in [0.29, 0.717) is 0 Å². The van der Waals surface area contributed by atoms with Gasteiger partial charge in [-0.05, 0) is 27.7 Å². The summed E-state index contributed by atoms with van der Waals surface area (Å²) >= 11 is 1.06. The Morgan fingerprint density at radius 2 is 0.882 bits per heavy atom. The van der Waals surface area contributed by atoms with Crippen molar-refractivity contribution in [2.24, 2.45) is 0 Å². The molecule has 2 aliphatic rings. The molecule has 0 heterocycles. The summed E-state index contributed by atoms with van der Waals surface area (Å²) in [7, 11) is 4.54. The molecule has 0 spiro atoms. The van der Waals surface area contributed by atoms with E-state index < -0.39 is 17.6 Å². The van der Waals surface area contributed by atoms with Gasteiger partial charge in [0.25, 0.3) is 0 Å². The van der Waals surface area contributed by atoms with E-state index in [1.54, 1.807) is 70.4 Å². The van der Waals surface area contributed by atoms with Gasteiger partial charge in [-0.2, -0.15) is 12.2 Å². The summed E-state index contributed by atoms with van der Waals surface area (Å²) in [5.74, 6) is 0. The van der Waals surface area contributed by atoms with Gasteiger partial charge >= 0.3 is 45.8 Å². The molecule has 2 aliphatic carbocycles. The third-order valence-corrected chi connectivity index (χ3v) is 9.05. The minimum absolute atomic E-state index is 0.167. The molecule has 0 radical (unpaired) electrons. The fourth-order valence-corrected chi connectivity index (χ4v) is 6.10. The summed E-state index contributed by atoms with van der Waals surface area (Å²) < 4.78 is 35.0. The van der Waals surface area contributed by atoms with Gasteiger partial charge in [-0.15, -0.1) is 23.2 Å². The van der Waals surface area contributed by atoms with Gasteiger partial charge in [0.1, 0.15) is 0 Å². The first kappa shape index (κ1) is 38.3. The van der Waals surface area contributed by atoms with E-state index in [2.05, 4.69) is 16.4 Å². The standard InChI is InChI=1S/2C8H13O3Si.2C3H8O.CH2.Hf/c2*1-9-12(10-2,11-3)8-6-4-5-7-8;2*1-3(2)4;;/h2*6-7H,4H2,1-3H3;2*3-4H,1-2H3;1H2;/q2*-1;;;;+2. The fraction of sp³-hybridized carbons (Fsp3) is 0.609. The Labute approximate surface area is 224 Å².